The Balaban J connectivity index is 1.26. The first kappa shape index (κ1) is 28.6. The molecule has 44 heavy (non-hydrogen) atoms. The molecule has 222 valence electrons. The Kier molecular flexibility index (Phi) is 7.81. The Morgan fingerprint density at radius 2 is 1.68 bits per heavy atom. The molecule has 2 aromatic heterocycles. The molecular weight excluding hydrogens is 586 g/mol. The highest BCUT2D eigenvalue weighted by molar-refractivity contribution is 7.99. The number of nitro groups is 1. The molecule has 0 spiro atoms. The number of methoxy groups -OCH3 is 2. The minimum atomic E-state index is -0.497. The number of benzene rings is 3. The molecule has 1 aliphatic rings. The van der Waals surface area contributed by atoms with Gasteiger partial charge in [0.25, 0.3) is 17.2 Å². The summed E-state index contributed by atoms with van der Waals surface area (Å²) in [5, 5.41) is 21.9. The fourth-order valence-corrected chi connectivity index (χ4v) is 5.56. The summed E-state index contributed by atoms with van der Waals surface area (Å²) in [7, 11) is 3.19. The van der Waals surface area contributed by atoms with Gasteiger partial charge in [0.15, 0.2) is 10.8 Å². The van der Waals surface area contributed by atoms with Gasteiger partial charge in [0.2, 0.25) is 0 Å². The third-order valence-electron chi connectivity index (χ3n) is 7.14. The van der Waals surface area contributed by atoms with Gasteiger partial charge in [0.05, 0.1) is 48.5 Å². The van der Waals surface area contributed by atoms with E-state index in [2.05, 4.69) is 15.1 Å². The highest BCUT2D eigenvalue weighted by Crippen LogP contribution is 2.35. The van der Waals surface area contributed by atoms with Crippen molar-refractivity contribution in [1.29, 1.82) is 0 Å². The van der Waals surface area contributed by atoms with Crippen molar-refractivity contribution in [3.05, 3.63) is 111 Å². The van der Waals surface area contributed by atoms with Gasteiger partial charge in [-0.05, 0) is 59.7 Å². The van der Waals surface area contributed by atoms with Gasteiger partial charge in [-0.2, -0.15) is 10.2 Å². The molecule has 1 N–H and O–H groups in total. The van der Waals surface area contributed by atoms with Crippen LogP contribution in [0.15, 0.2) is 94.0 Å². The Hall–Kier alpha value is -5.50. The maximum absolute atomic E-state index is 13.6. The summed E-state index contributed by atoms with van der Waals surface area (Å²) in [5.41, 5.74) is 2.80. The number of hydrazone groups is 1. The average molecular weight is 612 g/mol. The second-order valence-corrected chi connectivity index (χ2v) is 10.7. The van der Waals surface area contributed by atoms with Crippen LogP contribution in [0.5, 0.6) is 11.5 Å². The van der Waals surface area contributed by atoms with Crippen molar-refractivity contribution in [2.75, 3.05) is 20.0 Å². The average Bonchev–Trinajstić information content (AvgIpc) is 3.70. The predicted molar refractivity (Wildman–Crippen MR) is 164 cm³/mol. The SMILES string of the molecule is COc1ccc(C2=NN(C(=O)CSc3nc4c(cnn4-c4ccc([N+](=O)[O-])cc4)c(=O)[nH]3)C(c3ccc(OC)cc3)C2)cc1. The maximum atomic E-state index is 13.6. The van der Waals surface area contributed by atoms with Crippen LogP contribution in [0.1, 0.15) is 23.6 Å². The van der Waals surface area contributed by atoms with Crippen molar-refractivity contribution >= 4 is 40.1 Å². The number of H-pyrrole nitrogens is 1. The lowest BCUT2D eigenvalue weighted by Gasteiger charge is -2.22. The summed E-state index contributed by atoms with van der Waals surface area (Å²) in [6, 6.07) is 20.4. The molecule has 13 nitrogen and oxygen atoms in total. The molecule has 5 aromatic rings. The van der Waals surface area contributed by atoms with Crippen LogP contribution in [-0.2, 0) is 4.79 Å². The minimum absolute atomic E-state index is 0.0494. The second kappa shape index (κ2) is 12.0. The van der Waals surface area contributed by atoms with E-state index in [0.717, 1.165) is 34.3 Å². The molecule has 1 unspecified atom stereocenters. The van der Waals surface area contributed by atoms with E-state index < -0.39 is 10.5 Å². The normalized spacial score (nSPS) is 14.5. The quantitative estimate of drug-likeness (QED) is 0.110. The second-order valence-electron chi connectivity index (χ2n) is 9.73. The molecule has 1 amide bonds. The van der Waals surface area contributed by atoms with Crippen molar-refractivity contribution in [3.63, 3.8) is 0 Å². The molecule has 0 bridgehead atoms. The van der Waals surface area contributed by atoms with E-state index in [0.29, 0.717) is 17.9 Å². The number of aromatic nitrogens is 4. The summed E-state index contributed by atoms with van der Waals surface area (Å²) in [6.45, 7) is 0. The molecular formula is C30H25N7O6S. The highest BCUT2D eigenvalue weighted by atomic mass is 32.2. The van der Waals surface area contributed by atoms with Gasteiger partial charge in [-0.15, -0.1) is 0 Å². The van der Waals surface area contributed by atoms with E-state index in [9.17, 15) is 19.7 Å². The number of fused-ring (bicyclic) bond motifs is 1. The van der Waals surface area contributed by atoms with Gasteiger partial charge in [-0.1, -0.05) is 23.9 Å². The number of ether oxygens (including phenoxy) is 2. The number of hydrogen-bond donors (Lipinski definition) is 1. The number of nitrogens with one attached hydrogen (secondary N) is 1. The predicted octanol–water partition coefficient (Wildman–Crippen LogP) is 4.50. The third kappa shape index (κ3) is 5.62. The minimum Gasteiger partial charge on any atom is -0.497 e. The lowest BCUT2D eigenvalue weighted by atomic mass is 9.98. The zero-order chi connectivity index (χ0) is 30.8. The van der Waals surface area contributed by atoms with Crippen LogP contribution in [0.3, 0.4) is 0 Å². The lowest BCUT2D eigenvalue weighted by molar-refractivity contribution is -0.384. The molecule has 1 aliphatic heterocycles. The number of carbonyl (C=O) groups excluding carboxylic acids is 1. The van der Waals surface area contributed by atoms with Crippen LogP contribution in [0, 0.1) is 10.1 Å². The van der Waals surface area contributed by atoms with Crippen molar-refractivity contribution in [3.8, 4) is 17.2 Å². The van der Waals surface area contributed by atoms with E-state index >= 15 is 0 Å². The number of carbonyl (C=O) groups is 1. The number of nitrogens with zero attached hydrogens (tertiary/aromatic N) is 6. The first-order valence-electron chi connectivity index (χ1n) is 13.4. The van der Waals surface area contributed by atoms with E-state index in [1.54, 1.807) is 14.2 Å². The van der Waals surface area contributed by atoms with Crippen LogP contribution in [-0.4, -0.2) is 61.3 Å². The van der Waals surface area contributed by atoms with Crippen LogP contribution >= 0.6 is 11.8 Å². The van der Waals surface area contributed by atoms with Crippen LogP contribution in [0.4, 0.5) is 5.69 Å². The topological polar surface area (TPSA) is 158 Å². The number of rotatable bonds is 9. The standard InChI is InChI=1S/C30H25N7O6S/c1-42-22-11-3-18(4-12-22)25-15-26(19-5-13-23(43-2)14-6-19)36(34-25)27(38)17-44-30-32-28-24(29(39)33-30)16-31-35(28)20-7-9-21(10-8-20)37(40)41/h3-14,16,26H,15,17H2,1-2H3,(H,32,33,39). The Labute approximate surface area is 254 Å². The first-order valence-corrected chi connectivity index (χ1v) is 14.4. The van der Waals surface area contributed by atoms with Gasteiger partial charge < -0.3 is 14.5 Å². The van der Waals surface area contributed by atoms with Gasteiger partial charge >= 0.3 is 0 Å². The van der Waals surface area contributed by atoms with Gasteiger partial charge in [0, 0.05) is 18.6 Å². The smallest absolute Gasteiger partial charge is 0.269 e. The van der Waals surface area contributed by atoms with Crippen LogP contribution in [0.2, 0.25) is 0 Å². The zero-order valence-electron chi connectivity index (χ0n) is 23.5. The molecule has 14 heteroatoms. The molecule has 3 heterocycles. The molecule has 0 radical (unpaired) electrons. The summed E-state index contributed by atoms with van der Waals surface area (Å²) in [5.74, 6) is 1.10. The molecule has 0 saturated carbocycles. The molecule has 0 aliphatic carbocycles. The van der Waals surface area contributed by atoms with Crippen molar-refractivity contribution < 1.29 is 19.2 Å². The molecule has 6 rings (SSSR count). The summed E-state index contributed by atoms with van der Waals surface area (Å²) in [4.78, 5) is 44.3. The van der Waals surface area contributed by atoms with Crippen LogP contribution in [0.25, 0.3) is 16.7 Å². The highest BCUT2D eigenvalue weighted by Gasteiger charge is 2.33. The van der Waals surface area contributed by atoms with Gasteiger partial charge in [-0.3, -0.25) is 19.7 Å². The summed E-state index contributed by atoms with van der Waals surface area (Å²) in [6.07, 6.45) is 1.88. The van der Waals surface area contributed by atoms with Crippen molar-refractivity contribution in [2.24, 2.45) is 5.10 Å². The van der Waals surface area contributed by atoms with Crippen LogP contribution < -0.4 is 15.0 Å². The van der Waals surface area contributed by atoms with E-state index in [4.69, 9.17) is 14.6 Å². The van der Waals surface area contributed by atoms with Crippen molar-refractivity contribution in [1.82, 2.24) is 24.8 Å². The largest absolute Gasteiger partial charge is 0.497 e. The monoisotopic (exact) mass is 611 g/mol. The number of aromatic amines is 1. The van der Waals surface area contributed by atoms with E-state index in [-0.39, 0.29) is 39.6 Å². The first-order chi connectivity index (χ1) is 21.3. The molecule has 1 atom stereocenters. The Morgan fingerprint density at radius 1 is 1.02 bits per heavy atom. The lowest BCUT2D eigenvalue weighted by Crippen LogP contribution is -2.28. The third-order valence-corrected chi connectivity index (χ3v) is 8.00. The van der Waals surface area contributed by atoms with Gasteiger partial charge in [-0.25, -0.2) is 14.7 Å². The molecule has 3 aromatic carbocycles. The fourth-order valence-electron chi connectivity index (χ4n) is 4.85. The van der Waals surface area contributed by atoms with Gasteiger partial charge in [0.1, 0.15) is 16.9 Å². The Morgan fingerprint density at radius 3 is 2.32 bits per heavy atom. The summed E-state index contributed by atoms with van der Waals surface area (Å²) < 4.78 is 12.0. The maximum Gasteiger partial charge on any atom is 0.269 e. The number of non-ortho nitro benzene ring substituents is 1. The fraction of sp³-hybridized carbons (Fsp3) is 0.167. The number of thioether (sulfide) groups is 1. The summed E-state index contributed by atoms with van der Waals surface area (Å²) >= 11 is 1.07. The number of hydrogen-bond acceptors (Lipinski definition) is 10. The van der Waals surface area contributed by atoms with E-state index in [1.807, 2.05) is 48.5 Å². The molecule has 0 saturated heterocycles. The zero-order valence-corrected chi connectivity index (χ0v) is 24.4. The Bertz CT molecular complexity index is 1940. The number of amides is 1. The number of nitro benzene ring substituents is 1. The van der Waals surface area contributed by atoms with E-state index in [1.165, 1.54) is 40.2 Å². The van der Waals surface area contributed by atoms with Crippen molar-refractivity contribution in [2.45, 2.75) is 17.6 Å². The molecule has 0 fully saturated rings.